The first-order valence-electron chi connectivity index (χ1n) is 7.03. The summed E-state index contributed by atoms with van der Waals surface area (Å²) in [5.41, 5.74) is 0.148. The molecule has 1 N–H and O–H groups in total. The molecule has 0 unspecified atom stereocenters. The molecule has 1 aromatic heterocycles. The summed E-state index contributed by atoms with van der Waals surface area (Å²) in [6.45, 7) is 0.0856. The van der Waals surface area contributed by atoms with Crippen molar-refractivity contribution in [1.82, 2.24) is 0 Å². The van der Waals surface area contributed by atoms with Crippen molar-refractivity contribution in [3.05, 3.63) is 63.7 Å². The zero-order valence-corrected chi connectivity index (χ0v) is 12.9. The molecule has 6 heteroatoms. The SMILES string of the molecule is COCc1cc(=O)c(O)c([C@@H](CC(=O)OC)c2ccccc2)o1. The van der Waals surface area contributed by atoms with Gasteiger partial charge in [-0.3, -0.25) is 9.59 Å². The van der Waals surface area contributed by atoms with Gasteiger partial charge in [-0.05, 0) is 5.56 Å². The third kappa shape index (κ3) is 3.98. The van der Waals surface area contributed by atoms with Crippen LogP contribution in [0.25, 0.3) is 0 Å². The predicted molar refractivity (Wildman–Crippen MR) is 82.3 cm³/mol. The molecule has 0 aliphatic heterocycles. The molecule has 0 radical (unpaired) electrons. The van der Waals surface area contributed by atoms with E-state index < -0.39 is 23.1 Å². The smallest absolute Gasteiger partial charge is 0.306 e. The molecule has 0 amide bonds. The van der Waals surface area contributed by atoms with E-state index in [0.29, 0.717) is 0 Å². The summed E-state index contributed by atoms with van der Waals surface area (Å²) in [6.07, 6.45) is -0.0621. The number of ether oxygens (including phenoxy) is 2. The Kier molecular flexibility index (Phi) is 5.54. The summed E-state index contributed by atoms with van der Waals surface area (Å²) in [5, 5.41) is 10.1. The van der Waals surface area contributed by atoms with Gasteiger partial charge in [-0.1, -0.05) is 30.3 Å². The third-order valence-electron chi connectivity index (χ3n) is 3.40. The fourth-order valence-electron chi connectivity index (χ4n) is 2.30. The Morgan fingerprint density at radius 3 is 2.57 bits per heavy atom. The summed E-state index contributed by atoms with van der Waals surface area (Å²) in [7, 11) is 2.75. The van der Waals surface area contributed by atoms with Gasteiger partial charge >= 0.3 is 5.97 Å². The van der Waals surface area contributed by atoms with Crippen LogP contribution in [0.2, 0.25) is 0 Å². The molecule has 6 nitrogen and oxygen atoms in total. The molecule has 0 aliphatic carbocycles. The van der Waals surface area contributed by atoms with Crippen LogP contribution in [0.1, 0.15) is 29.4 Å². The van der Waals surface area contributed by atoms with Gasteiger partial charge in [0.05, 0.1) is 19.4 Å². The molecule has 122 valence electrons. The number of aromatic hydroxyl groups is 1. The van der Waals surface area contributed by atoms with E-state index in [-0.39, 0.29) is 24.5 Å². The maximum Gasteiger partial charge on any atom is 0.306 e. The van der Waals surface area contributed by atoms with Crippen molar-refractivity contribution < 1.29 is 23.8 Å². The first-order chi connectivity index (χ1) is 11.1. The van der Waals surface area contributed by atoms with Gasteiger partial charge in [0.25, 0.3) is 0 Å². The van der Waals surface area contributed by atoms with Crippen LogP contribution in [0, 0.1) is 0 Å². The van der Waals surface area contributed by atoms with E-state index in [1.165, 1.54) is 20.3 Å². The molecule has 1 atom stereocenters. The van der Waals surface area contributed by atoms with E-state index in [0.717, 1.165) is 5.56 Å². The topological polar surface area (TPSA) is 86.0 Å². The Morgan fingerprint density at radius 1 is 1.26 bits per heavy atom. The van der Waals surface area contributed by atoms with Gasteiger partial charge in [0.15, 0.2) is 5.76 Å². The van der Waals surface area contributed by atoms with E-state index in [1.54, 1.807) is 24.3 Å². The molecule has 23 heavy (non-hydrogen) atoms. The van der Waals surface area contributed by atoms with Crippen molar-refractivity contribution in [3.8, 4) is 5.75 Å². The van der Waals surface area contributed by atoms with Crippen molar-refractivity contribution in [2.24, 2.45) is 0 Å². The Morgan fingerprint density at radius 2 is 1.96 bits per heavy atom. The second-order valence-electron chi connectivity index (χ2n) is 4.97. The number of esters is 1. The molecule has 0 aliphatic rings. The van der Waals surface area contributed by atoms with Gasteiger partial charge in [-0.15, -0.1) is 0 Å². The summed E-state index contributed by atoms with van der Waals surface area (Å²) in [6, 6.07) is 10.2. The number of benzene rings is 1. The van der Waals surface area contributed by atoms with Crippen LogP contribution in [-0.4, -0.2) is 25.3 Å². The number of carbonyl (C=O) groups is 1. The molecule has 0 saturated heterocycles. The lowest BCUT2D eigenvalue weighted by Crippen LogP contribution is -2.14. The van der Waals surface area contributed by atoms with Crippen LogP contribution in [0.4, 0.5) is 0 Å². The number of rotatable bonds is 6. The first-order valence-corrected chi connectivity index (χ1v) is 7.03. The number of carbonyl (C=O) groups excluding carboxylic acids is 1. The van der Waals surface area contributed by atoms with Crippen molar-refractivity contribution in [1.29, 1.82) is 0 Å². The number of methoxy groups -OCH3 is 2. The fraction of sp³-hybridized carbons (Fsp3) is 0.294. The summed E-state index contributed by atoms with van der Waals surface area (Å²) >= 11 is 0. The van der Waals surface area contributed by atoms with E-state index in [9.17, 15) is 14.7 Å². The van der Waals surface area contributed by atoms with E-state index in [2.05, 4.69) is 0 Å². The highest BCUT2D eigenvalue weighted by molar-refractivity contribution is 5.71. The zero-order chi connectivity index (χ0) is 16.8. The van der Waals surface area contributed by atoms with Gasteiger partial charge in [0, 0.05) is 13.2 Å². The molecule has 1 heterocycles. The van der Waals surface area contributed by atoms with Crippen LogP contribution in [0.15, 0.2) is 45.6 Å². The molecular formula is C17H18O6. The minimum Gasteiger partial charge on any atom is -0.502 e. The highest BCUT2D eigenvalue weighted by Crippen LogP contribution is 2.33. The van der Waals surface area contributed by atoms with Crippen LogP contribution in [-0.2, 0) is 20.9 Å². The third-order valence-corrected chi connectivity index (χ3v) is 3.40. The molecule has 0 bridgehead atoms. The van der Waals surface area contributed by atoms with E-state index in [1.807, 2.05) is 6.07 Å². The predicted octanol–water partition coefficient (Wildman–Crippen LogP) is 2.19. The summed E-state index contributed by atoms with van der Waals surface area (Å²) < 4.78 is 15.3. The lowest BCUT2D eigenvalue weighted by atomic mass is 9.92. The van der Waals surface area contributed by atoms with Gasteiger partial charge in [-0.25, -0.2) is 0 Å². The zero-order valence-electron chi connectivity index (χ0n) is 12.9. The lowest BCUT2D eigenvalue weighted by Gasteiger charge is -2.17. The lowest BCUT2D eigenvalue weighted by molar-refractivity contribution is -0.140. The van der Waals surface area contributed by atoms with Gasteiger partial charge in [0.1, 0.15) is 12.4 Å². The van der Waals surface area contributed by atoms with Crippen molar-refractivity contribution in [2.45, 2.75) is 18.9 Å². The quantitative estimate of drug-likeness (QED) is 0.822. The highest BCUT2D eigenvalue weighted by Gasteiger charge is 2.26. The Hall–Kier alpha value is -2.60. The molecule has 2 aromatic rings. The second-order valence-corrected chi connectivity index (χ2v) is 4.97. The Balaban J connectivity index is 2.54. The van der Waals surface area contributed by atoms with Crippen LogP contribution < -0.4 is 5.43 Å². The molecule has 0 fully saturated rings. The van der Waals surface area contributed by atoms with Crippen LogP contribution >= 0.6 is 0 Å². The average Bonchev–Trinajstić information content (AvgIpc) is 2.57. The van der Waals surface area contributed by atoms with Crippen molar-refractivity contribution >= 4 is 5.97 Å². The summed E-state index contributed by atoms with van der Waals surface area (Å²) in [4.78, 5) is 23.7. The molecule has 2 rings (SSSR count). The van der Waals surface area contributed by atoms with E-state index >= 15 is 0 Å². The average molecular weight is 318 g/mol. The minimum atomic E-state index is -0.631. The molecule has 0 saturated carbocycles. The largest absolute Gasteiger partial charge is 0.502 e. The minimum absolute atomic E-state index is 0.0288. The highest BCUT2D eigenvalue weighted by atomic mass is 16.5. The summed E-state index contributed by atoms with van der Waals surface area (Å²) in [5.74, 6) is -1.31. The van der Waals surface area contributed by atoms with Crippen LogP contribution in [0.5, 0.6) is 5.75 Å². The normalized spacial score (nSPS) is 11.9. The fourth-order valence-corrected chi connectivity index (χ4v) is 2.30. The van der Waals surface area contributed by atoms with Gasteiger partial charge in [-0.2, -0.15) is 0 Å². The standard InChI is InChI=1S/C17H18O6/c1-21-10-12-8-14(18)16(20)17(23-12)13(9-15(19)22-2)11-6-4-3-5-7-11/h3-8,13,20H,9-10H2,1-2H3/t13-/m0/s1. The monoisotopic (exact) mass is 318 g/mol. The van der Waals surface area contributed by atoms with E-state index in [4.69, 9.17) is 13.9 Å². The number of hydrogen-bond acceptors (Lipinski definition) is 6. The maximum atomic E-state index is 11.9. The number of hydrogen-bond donors (Lipinski definition) is 1. The Labute approximate surface area is 133 Å². The van der Waals surface area contributed by atoms with Crippen molar-refractivity contribution in [3.63, 3.8) is 0 Å². The first kappa shape index (κ1) is 16.8. The molecular weight excluding hydrogens is 300 g/mol. The molecule has 0 spiro atoms. The maximum absolute atomic E-state index is 11.9. The van der Waals surface area contributed by atoms with Crippen molar-refractivity contribution in [2.75, 3.05) is 14.2 Å². The van der Waals surface area contributed by atoms with Crippen LogP contribution in [0.3, 0.4) is 0 Å². The molecule has 1 aromatic carbocycles. The van der Waals surface area contributed by atoms with Gasteiger partial charge in [0.2, 0.25) is 11.2 Å². The Bertz CT molecular complexity index is 720. The second kappa shape index (κ2) is 7.60. The van der Waals surface area contributed by atoms with Gasteiger partial charge < -0.3 is 19.0 Å².